The number of aromatic hydroxyl groups is 1. The number of nitrogens with one attached hydrogen (secondary N) is 1. The third-order valence-electron chi connectivity index (χ3n) is 4.04. The fourth-order valence-corrected chi connectivity index (χ4v) is 2.50. The average Bonchev–Trinajstić information content (AvgIpc) is 2.55. The zero-order chi connectivity index (χ0) is 16.8. The largest absolute Gasteiger partial charge is 0.504 e. The Morgan fingerprint density at radius 1 is 1.00 bits per heavy atom. The van der Waals surface area contributed by atoms with Crippen molar-refractivity contribution in [3.8, 4) is 11.5 Å². The van der Waals surface area contributed by atoms with Gasteiger partial charge in [-0.25, -0.2) is 0 Å². The predicted octanol–water partition coefficient (Wildman–Crippen LogP) is 4.77. The van der Waals surface area contributed by atoms with E-state index in [9.17, 15) is 5.11 Å². The maximum Gasteiger partial charge on any atom is 0.161 e. The van der Waals surface area contributed by atoms with Crippen molar-refractivity contribution in [2.24, 2.45) is 0 Å². The summed E-state index contributed by atoms with van der Waals surface area (Å²) in [4.78, 5) is 0. The topological polar surface area (TPSA) is 41.5 Å². The average molecular weight is 313 g/mol. The van der Waals surface area contributed by atoms with Gasteiger partial charge in [-0.05, 0) is 48.6 Å². The summed E-state index contributed by atoms with van der Waals surface area (Å²) in [7, 11) is 0. The minimum absolute atomic E-state index is 0.188. The molecule has 0 aliphatic heterocycles. The second kappa shape index (κ2) is 8.02. The summed E-state index contributed by atoms with van der Waals surface area (Å²) in [5.41, 5.74) is 3.73. The van der Waals surface area contributed by atoms with Gasteiger partial charge in [0.05, 0.1) is 6.61 Å². The molecule has 2 N–H and O–H groups in total. The van der Waals surface area contributed by atoms with E-state index in [0.29, 0.717) is 18.3 Å². The highest BCUT2D eigenvalue weighted by Crippen LogP contribution is 2.27. The highest BCUT2D eigenvalue weighted by atomic mass is 16.5. The summed E-state index contributed by atoms with van der Waals surface area (Å²) in [5.74, 6) is 1.29. The first-order valence-corrected chi connectivity index (χ1v) is 8.29. The Morgan fingerprint density at radius 3 is 2.26 bits per heavy atom. The number of hydrogen-bond acceptors (Lipinski definition) is 3. The van der Waals surface area contributed by atoms with Gasteiger partial charge in [0.25, 0.3) is 0 Å². The molecule has 0 saturated carbocycles. The van der Waals surface area contributed by atoms with Crippen LogP contribution in [0.3, 0.4) is 0 Å². The molecule has 0 saturated heterocycles. The Bertz CT molecular complexity index is 620. The van der Waals surface area contributed by atoms with Crippen LogP contribution in [0.4, 0.5) is 0 Å². The highest BCUT2D eigenvalue weighted by molar-refractivity contribution is 5.41. The molecule has 23 heavy (non-hydrogen) atoms. The fraction of sp³-hybridized carbons (Fsp3) is 0.400. The Balaban J connectivity index is 1.98. The van der Waals surface area contributed by atoms with Crippen molar-refractivity contribution in [2.45, 2.75) is 46.2 Å². The molecule has 0 aliphatic carbocycles. The molecule has 0 spiro atoms. The molecular weight excluding hydrogens is 286 g/mol. The molecule has 1 atom stereocenters. The lowest BCUT2D eigenvalue weighted by Crippen LogP contribution is -2.18. The monoisotopic (exact) mass is 313 g/mol. The molecule has 0 fully saturated rings. The van der Waals surface area contributed by atoms with E-state index < -0.39 is 0 Å². The van der Waals surface area contributed by atoms with Gasteiger partial charge in [0.2, 0.25) is 0 Å². The van der Waals surface area contributed by atoms with Gasteiger partial charge in [-0.2, -0.15) is 0 Å². The van der Waals surface area contributed by atoms with Gasteiger partial charge in [-0.15, -0.1) is 0 Å². The lowest BCUT2D eigenvalue weighted by atomic mass is 9.99. The minimum atomic E-state index is 0.188. The molecule has 0 heterocycles. The zero-order valence-corrected chi connectivity index (χ0v) is 14.5. The summed E-state index contributed by atoms with van der Waals surface area (Å²) < 4.78 is 5.43. The van der Waals surface area contributed by atoms with Crippen LogP contribution >= 0.6 is 0 Å². The van der Waals surface area contributed by atoms with Gasteiger partial charge in [0.1, 0.15) is 0 Å². The molecule has 124 valence electrons. The summed E-state index contributed by atoms with van der Waals surface area (Å²) in [6.07, 6.45) is 0. The summed E-state index contributed by atoms with van der Waals surface area (Å²) in [5, 5.41) is 13.3. The van der Waals surface area contributed by atoms with Crippen LogP contribution < -0.4 is 10.1 Å². The number of phenolic OH excluding ortho intramolecular Hbond substituents is 1. The third-order valence-corrected chi connectivity index (χ3v) is 4.04. The second-order valence-corrected chi connectivity index (χ2v) is 6.16. The van der Waals surface area contributed by atoms with Crippen LogP contribution in [0.2, 0.25) is 0 Å². The molecule has 2 rings (SSSR count). The Kier molecular flexibility index (Phi) is 6.05. The smallest absolute Gasteiger partial charge is 0.161 e. The first-order chi connectivity index (χ1) is 11.0. The number of hydrogen-bond donors (Lipinski definition) is 2. The standard InChI is InChI=1S/C20H27NO2/c1-5-23-20-12-16(6-11-19(20)22)13-21-15(4)18-9-7-17(8-10-18)14(2)3/h6-12,14-15,21-22H,5,13H2,1-4H3. The van der Waals surface area contributed by atoms with Crippen LogP contribution in [0.15, 0.2) is 42.5 Å². The molecule has 0 radical (unpaired) electrons. The maximum absolute atomic E-state index is 9.75. The molecule has 0 aliphatic rings. The minimum Gasteiger partial charge on any atom is -0.504 e. The predicted molar refractivity (Wildman–Crippen MR) is 95.1 cm³/mol. The van der Waals surface area contributed by atoms with E-state index in [0.717, 1.165) is 12.1 Å². The van der Waals surface area contributed by atoms with Crippen LogP contribution in [0, 0.1) is 0 Å². The fourth-order valence-electron chi connectivity index (χ4n) is 2.50. The van der Waals surface area contributed by atoms with Crippen LogP contribution in [-0.4, -0.2) is 11.7 Å². The van der Waals surface area contributed by atoms with Crippen molar-refractivity contribution in [3.05, 3.63) is 59.2 Å². The van der Waals surface area contributed by atoms with Crippen molar-refractivity contribution in [2.75, 3.05) is 6.61 Å². The van der Waals surface area contributed by atoms with Crippen molar-refractivity contribution in [1.29, 1.82) is 0 Å². The maximum atomic E-state index is 9.75. The van der Waals surface area contributed by atoms with Crippen molar-refractivity contribution in [3.63, 3.8) is 0 Å². The lowest BCUT2D eigenvalue weighted by molar-refractivity contribution is 0.317. The molecule has 0 aromatic heterocycles. The van der Waals surface area contributed by atoms with Crippen LogP contribution in [-0.2, 0) is 6.54 Å². The lowest BCUT2D eigenvalue weighted by Gasteiger charge is -2.16. The molecule has 0 amide bonds. The van der Waals surface area contributed by atoms with E-state index in [-0.39, 0.29) is 11.8 Å². The van der Waals surface area contributed by atoms with Crippen molar-refractivity contribution in [1.82, 2.24) is 5.32 Å². The first kappa shape index (κ1) is 17.4. The quantitative estimate of drug-likeness (QED) is 0.774. The third kappa shape index (κ3) is 4.73. The van der Waals surface area contributed by atoms with E-state index in [2.05, 4.69) is 50.4 Å². The van der Waals surface area contributed by atoms with Gasteiger partial charge in [-0.3, -0.25) is 0 Å². The van der Waals surface area contributed by atoms with Crippen LogP contribution in [0.25, 0.3) is 0 Å². The molecule has 0 bridgehead atoms. The summed E-state index contributed by atoms with van der Waals surface area (Å²) in [6.45, 7) is 9.76. The van der Waals surface area contributed by atoms with E-state index in [4.69, 9.17) is 4.74 Å². The molecule has 2 aromatic rings. The molecule has 2 aromatic carbocycles. The number of ether oxygens (including phenoxy) is 1. The number of benzene rings is 2. The number of phenols is 1. The van der Waals surface area contributed by atoms with E-state index in [1.54, 1.807) is 6.07 Å². The summed E-state index contributed by atoms with van der Waals surface area (Å²) in [6, 6.07) is 14.5. The Morgan fingerprint density at radius 2 is 1.65 bits per heavy atom. The Hall–Kier alpha value is -2.00. The highest BCUT2D eigenvalue weighted by Gasteiger charge is 2.08. The second-order valence-electron chi connectivity index (χ2n) is 6.16. The molecular formula is C20H27NO2. The van der Waals surface area contributed by atoms with Crippen LogP contribution in [0.5, 0.6) is 11.5 Å². The van der Waals surface area contributed by atoms with Gasteiger partial charge >= 0.3 is 0 Å². The molecule has 3 heteroatoms. The first-order valence-electron chi connectivity index (χ1n) is 8.29. The van der Waals surface area contributed by atoms with Crippen LogP contribution in [0.1, 0.15) is 56.3 Å². The normalized spacial score (nSPS) is 12.4. The van der Waals surface area contributed by atoms with E-state index in [1.165, 1.54) is 11.1 Å². The van der Waals surface area contributed by atoms with Gasteiger partial charge < -0.3 is 15.2 Å². The van der Waals surface area contributed by atoms with Crippen molar-refractivity contribution < 1.29 is 9.84 Å². The van der Waals surface area contributed by atoms with E-state index in [1.807, 2.05) is 19.1 Å². The van der Waals surface area contributed by atoms with Gasteiger partial charge in [0.15, 0.2) is 11.5 Å². The Labute approximate surface area is 139 Å². The molecule has 1 unspecified atom stereocenters. The van der Waals surface area contributed by atoms with Crippen molar-refractivity contribution >= 4 is 0 Å². The summed E-state index contributed by atoms with van der Waals surface area (Å²) >= 11 is 0. The zero-order valence-electron chi connectivity index (χ0n) is 14.5. The SMILES string of the molecule is CCOc1cc(CNC(C)c2ccc(C(C)C)cc2)ccc1O. The molecule has 3 nitrogen and oxygen atoms in total. The van der Waals surface area contributed by atoms with Gasteiger partial charge in [-0.1, -0.05) is 44.2 Å². The van der Waals surface area contributed by atoms with Gasteiger partial charge in [0, 0.05) is 12.6 Å². The number of rotatable bonds is 7. The van der Waals surface area contributed by atoms with E-state index >= 15 is 0 Å².